The molecule has 1 heterocycles. The van der Waals surface area contributed by atoms with Gasteiger partial charge in [-0.25, -0.2) is 0 Å². The van der Waals surface area contributed by atoms with Crippen molar-refractivity contribution in [2.24, 2.45) is 22.7 Å². The third kappa shape index (κ3) is 1.50. The highest BCUT2D eigenvalue weighted by Gasteiger charge is 2.51. The van der Waals surface area contributed by atoms with Crippen LogP contribution in [0.25, 0.3) is 0 Å². The number of nitrogens with one attached hydrogen (secondary N) is 1. The van der Waals surface area contributed by atoms with Crippen molar-refractivity contribution < 1.29 is 0 Å². The van der Waals surface area contributed by atoms with Crippen LogP contribution in [0.3, 0.4) is 0 Å². The molecule has 1 heteroatoms. The van der Waals surface area contributed by atoms with Gasteiger partial charge in [-0.15, -0.1) is 0 Å². The number of piperidine rings is 1. The van der Waals surface area contributed by atoms with Gasteiger partial charge >= 0.3 is 0 Å². The average Bonchev–Trinajstić information content (AvgIpc) is 2.29. The van der Waals surface area contributed by atoms with Crippen LogP contribution < -0.4 is 5.32 Å². The highest BCUT2D eigenvalue weighted by molar-refractivity contribution is 5.02. The van der Waals surface area contributed by atoms with Crippen molar-refractivity contribution in [3.05, 3.63) is 0 Å². The maximum atomic E-state index is 3.53. The molecule has 1 aliphatic carbocycles. The maximum absolute atomic E-state index is 3.53. The molecule has 3 atom stereocenters. The van der Waals surface area contributed by atoms with Crippen molar-refractivity contribution in [2.75, 3.05) is 13.1 Å². The summed E-state index contributed by atoms with van der Waals surface area (Å²) in [6, 6.07) is 0. The number of hydrogen-bond acceptors (Lipinski definition) is 1. The molecule has 1 aliphatic heterocycles. The summed E-state index contributed by atoms with van der Waals surface area (Å²) < 4.78 is 0. The molecule has 2 fully saturated rings. The van der Waals surface area contributed by atoms with Gasteiger partial charge in [0.1, 0.15) is 0 Å². The smallest absolute Gasteiger partial charge is 0.00177 e. The average molecular weight is 195 g/mol. The van der Waals surface area contributed by atoms with E-state index in [2.05, 4.69) is 33.0 Å². The highest BCUT2D eigenvalue weighted by atomic mass is 14.9. The zero-order chi connectivity index (χ0) is 10.4. The van der Waals surface area contributed by atoms with Gasteiger partial charge < -0.3 is 5.32 Å². The van der Waals surface area contributed by atoms with Gasteiger partial charge in [0.05, 0.1) is 0 Å². The molecule has 2 rings (SSSR count). The van der Waals surface area contributed by atoms with Crippen LogP contribution in [0.1, 0.15) is 47.0 Å². The summed E-state index contributed by atoms with van der Waals surface area (Å²) in [4.78, 5) is 0. The highest BCUT2D eigenvalue weighted by Crippen LogP contribution is 2.58. The van der Waals surface area contributed by atoms with Gasteiger partial charge in [0, 0.05) is 0 Å². The quantitative estimate of drug-likeness (QED) is 0.626. The fourth-order valence-electron chi connectivity index (χ4n) is 4.25. The van der Waals surface area contributed by atoms with Crippen molar-refractivity contribution in [3.63, 3.8) is 0 Å². The van der Waals surface area contributed by atoms with Crippen LogP contribution in [0.15, 0.2) is 0 Å². The summed E-state index contributed by atoms with van der Waals surface area (Å²) >= 11 is 0. The first-order chi connectivity index (χ1) is 6.46. The van der Waals surface area contributed by atoms with Gasteiger partial charge in [-0.3, -0.25) is 0 Å². The first kappa shape index (κ1) is 10.5. The van der Waals surface area contributed by atoms with E-state index < -0.39 is 0 Å². The van der Waals surface area contributed by atoms with E-state index in [-0.39, 0.29) is 0 Å². The van der Waals surface area contributed by atoms with Crippen molar-refractivity contribution in [3.8, 4) is 0 Å². The van der Waals surface area contributed by atoms with Crippen LogP contribution in [0.5, 0.6) is 0 Å². The van der Waals surface area contributed by atoms with E-state index in [9.17, 15) is 0 Å². The third-order valence-corrected chi connectivity index (χ3v) is 4.85. The lowest BCUT2D eigenvalue weighted by molar-refractivity contribution is 0.0733. The molecule has 0 aromatic carbocycles. The monoisotopic (exact) mass is 195 g/mol. The van der Waals surface area contributed by atoms with Gasteiger partial charge in [-0.1, -0.05) is 27.7 Å². The molecule has 0 amide bonds. The van der Waals surface area contributed by atoms with Gasteiger partial charge in [-0.05, 0) is 55.0 Å². The Balaban J connectivity index is 2.22. The van der Waals surface area contributed by atoms with E-state index in [1.54, 1.807) is 0 Å². The Morgan fingerprint density at radius 2 is 1.86 bits per heavy atom. The Hall–Kier alpha value is -0.0400. The lowest BCUT2D eigenvalue weighted by atomic mass is 9.65. The normalized spacial score (nSPS) is 47.1. The fraction of sp³-hybridized carbons (Fsp3) is 1.00. The summed E-state index contributed by atoms with van der Waals surface area (Å²) in [6.07, 6.45) is 4.28. The molecule has 1 saturated heterocycles. The van der Waals surface area contributed by atoms with Crippen molar-refractivity contribution in [2.45, 2.75) is 47.0 Å². The Morgan fingerprint density at radius 1 is 1.14 bits per heavy atom. The van der Waals surface area contributed by atoms with E-state index in [0.717, 1.165) is 11.8 Å². The van der Waals surface area contributed by atoms with E-state index >= 15 is 0 Å². The fourth-order valence-corrected chi connectivity index (χ4v) is 4.25. The molecular formula is C13H25N. The summed E-state index contributed by atoms with van der Waals surface area (Å²) in [5.74, 6) is 1.79. The lowest BCUT2D eigenvalue weighted by Crippen LogP contribution is -2.45. The maximum Gasteiger partial charge on any atom is -0.00177 e. The number of hydrogen-bond donors (Lipinski definition) is 1. The first-order valence-corrected chi connectivity index (χ1v) is 6.17. The van der Waals surface area contributed by atoms with Crippen LogP contribution in [0, 0.1) is 22.7 Å². The van der Waals surface area contributed by atoms with E-state index in [0.29, 0.717) is 10.8 Å². The predicted molar refractivity (Wildman–Crippen MR) is 61.3 cm³/mol. The molecule has 3 unspecified atom stereocenters. The zero-order valence-corrected chi connectivity index (χ0v) is 10.2. The van der Waals surface area contributed by atoms with Crippen LogP contribution >= 0.6 is 0 Å². The van der Waals surface area contributed by atoms with Crippen LogP contribution in [0.2, 0.25) is 0 Å². The first-order valence-electron chi connectivity index (χ1n) is 6.17. The summed E-state index contributed by atoms with van der Waals surface area (Å²) in [6.45, 7) is 12.3. The van der Waals surface area contributed by atoms with Gasteiger partial charge in [0.25, 0.3) is 0 Å². The largest absolute Gasteiger partial charge is 0.316 e. The molecule has 1 spiro atoms. The van der Waals surface area contributed by atoms with Gasteiger partial charge in [0.15, 0.2) is 0 Å². The molecule has 0 bridgehead atoms. The SMILES string of the molecule is CC1CNCCC12CC(C)(C)CC2C. The van der Waals surface area contributed by atoms with Crippen molar-refractivity contribution in [1.29, 1.82) is 0 Å². The van der Waals surface area contributed by atoms with Crippen LogP contribution in [-0.2, 0) is 0 Å². The molecule has 1 N–H and O–H groups in total. The Morgan fingerprint density at radius 3 is 2.36 bits per heavy atom. The van der Waals surface area contributed by atoms with E-state index in [1.165, 1.54) is 32.4 Å². The Kier molecular flexibility index (Phi) is 2.42. The molecule has 82 valence electrons. The van der Waals surface area contributed by atoms with Crippen LogP contribution in [-0.4, -0.2) is 13.1 Å². The van der Waals surface area contributed by atoms with Gasteiger partial charge in [0.2, 0.25) is 0 Å². The summed E-state index contributed by atoms with van der Waals surface area (Å²) in [5, 5.41) is 3.53. The van der Waals surface area contributed by atoms with Crippen molar-refractivity contribution in [1.82, 2.24) is 5.32 Å². The molecule has 2 aliphatic rings. The summed E-state index contributed by atoms with van der Waals surface area (Å²) in [7, 11) is 0. The minimum absolute atomic E-state index is 0.588. The second kappa shape index (κ2) is 3.23. The Bertz CT molecular complexity index is 221. The predicted octanol–water partition coefficient (Wildman–Crippen LogP) is 3.06. The topological polar surface area (TPSA) is 12.0 Å². The third-order valence-electron chi connectivity index (χ3n) is 4.85. The Labute approximate surface area is 88.7 Å². The lowest BCUT2D eigenvalue weighted by Gasteiger charge is -2.44. The second-order valence-electron chi connectivity index (χ2n) is 6.53. The minimum Gasteiger partial charge on any atom is -0.316 e. The molecule has 14 heavy (non-hydrogen) atoms. The van der Waals surface area contributed by atoms with Gasteiger partial charge in [-0.2, -0.15) is 0 Å². The zero-order valence-electron chi connectivity index (χ0n) is 10.2. The number of rotatable bonds is 0. The molecule has 1 saturated carbocycles. The second-order valence-corrected chi connectivity index (χ2v) is 6.53. The van der Waals surface area contributed by atoms with Crippen LogP contribution in [0.4, 0.5) is 0 Å². The summed E-state index contributed by atoms with van der Waals surface area (Å²) in [5.41, 5.74) is 1.25. The molecule has 1 nitrogen and oxygen atoms in total. The molecule has 0 radical (unpaired) electrons. The van der Waals surface area contributed by atoms with E-state index in [4.69, 9.17) is 0 Å². The van der Waals surface area contributed by atoms with Crippen molar-refractivity contribution >= 4 is 0 Å². The molecule has 0 aromatic rings. The van der Waals surface area contributed by atoms with E-state index in [1.807, 2.05) is 0 Å². The minimum atomic E-state index is 0.588. The molecule has 0 aromatic heterocycles. The molecular weight excluding hydrogens is 170 g/mol. The standard InChI is InChI=1S/C13H25N/c1-10-7-12(3,4)9-13(10)5-6-14-8-11(13)2/h10-11,14H,5-9H2,1-4H3.